The first-order valence-corrected chi connectivity index (χ1v) is 9.61. The molecule has 2 aliphatic heterocycles. The van der Waals surface area contributed by atoms with Gasteiger partial charge in [0.2, 0.25) is 0 Å². The lowest BCUT2D eigenvalue weighted by molar-refractivity contribution is 0.0988. The van der Waals surface area contributed by atoms with E-state index in [1.165, 1.54) is 24.3 Å². The van der Waals surface area contributed by atoms with Gasteiger partial charge in [0.05, 0.1) is 6.10 Å². The number of rotatable bonds is 2. The Bertz CT molecular complexity index is 929. The molecule has 4 N–H and O–H groups in total. The minimum Gasteiger partial charge on any atom is -0.507 e. The number of carbonyl (C=O) groups excluding carboxylic acids is 1. The molecule has 0 unspecified atom stereocenters. The van der Waals surface area contributed by atoms with Gasteiger partial charge in [-0.1, -0.05) is 6.07 Å². The van der Waals surface area contributed by atoms with Gasteiger partial charge in [-0.2, -0.15) is 0 Å². The third-order valence-corrected chi connectivity index (χ3v) is 5.84. The molecule has 2 aromatic rings. The molecule has 0 radical (unpaired) electrons. The number of piperidine rings is 1. The van der Waals surface area contributed by atoms with Crippen molar-refractivity contribution < 1.29 is 23.8 Å². The monoisotopic (exact) mass is 403 g/mol. The van der Waals surface area contributed by atoms with Crippen molar-refractivity contribution in [1.82, 2.24) is 10.2 Å². The predicted molar refractivity (Wildman–Crippen MR) is 103 cm³/mol. The highest BCUT2D eigenvalue weighted by molar-refractivity contribution is 5.74. The molecule has 0 aliphatic carbocycles. The number of fused-ring (bicyclic) bond motifs is 1. The molecule has 2 aromatic carbocycles. The summed E-state index contributed by atoms with van der Waals surface area (Å²) < 4.78 is 26.5. The summed E-state index contributed by atoms with van der Waals surface area (Å²) in [6, 6.07) is 7.78. The van der Waals surface area contributed by atoms with Crippen molar-refractivity contribution in [2.45, 2.75) is 37.5 Å². The fraction of sp³-hybridized carbons (Fsp3) is 0.381. The van der Waals surface area contributed by atoms with Crippen molar-refractivity contribution in [3.8, 4) is 5.75 Å². The van der Waals surface area contributed by atoms with E-state index in [-0.39, 0.29) is 29.7 Å². The molecule has 2 amide bonds. The first kappa shape index (κ1) is 19.4. The highest BCUT2D eigenvalue weighted by atomic mass is 19.1. The molecule has 1 spiro atoms. The molecule has 2 heterocycles. The zero-order chi connectivity index (χ0) is 20.6. The van der Waals surface area contributed by atoms with Crippen LogP contribution in [0.3, 0.4) is 0 Å². The van der Waals surface area contributed by atoms with Gasteiger partial charge in [0.1, 0.15) is 17.4 Å². The fourth-order valence-electron chi connectivity index (χ4n) is 4.18. The number of halogens is 2. The average Bonchev–Trinajstić information content (AvgIpc) is 2.68. The molecule has 6 nitrogen and oxygen atoms in total. The van der Waals surface area contributed by atoms with Gasteiger partial charge in [-0.3, -0.25) is 0 Å². The Morgan fingerprint density at radius 2 is 1.86 bits per heavy atom. The summed E-state index contributed by atoms with van der Waals surface area (Å²) in [5, 5.41) is 26.4. The zero-order valence-electron chi connectivity index (χ0n) is 15.8. The Hall–Kier alpha value is -2.87. The van der Waals surface area contributed by atoms with Gasteiger partial charge in [0.25, 0.3) is 0 Å². The number of urea groups is 1. The maximum absolute atomic E-state index is 13.5. The number of benzene rings is 2. The van der Waals surface area contributed by atoms with E-state index in [9.17, 15) is 23.8 Å². The zero-order valence-corrected chi connectivity index (χ0v) is 15.8. The van der Waals surface area contributed by atoms with E-state index in [1.54, 1.807) is 11.0 Å². The lowest BCUT2D eigenvalue weighted by Crippen LogP contribution is -2.54. The van der Waals surface area contributed by atoms with E-state index in [4.69, 9.17) is 0 Å². The van der Waals surface area contributed by atoms with E-state index in [0.717, 1.165) is 11.8 Å². The van der Waals surface area contributed by atoms with Crippen molar-refractivity contribution >= 4 is 11.7 Å². The first-order chi connectivity index (χ1) is 13.8. The van der Waals surface area contributed by atoms with Crippen molar-refractivity contribution in [3.05, 3.63) is 59.2 Å². The number of phenols is 1. The van der Waals surface area contributed by atoms with Crippen LogP contribution in [0.15, 0.2) is 36.4 Å². The van der Waals surface area contributed by atoms with Crippen molar-refractivity contribution in [2.75, 3.05) is 18.4 Å². The number of hydrogen-bond acceptors (Lipinski definition) is 4. The van der Waals surface area contributed by atoms with Crippen molar-refractivity contribution in [2.24, 2.45) is 0 Å². The average molecular weight is 403 g/mol. The molecular weight excluding hydrogens is 380 g/mol. The van der Waals surface area contributed by atoms with Crippen molar-refractivity contribution in [3.63, 3.8) is 0 Å². The summed E-state index contributed by atoms with van der Waals surface area (Å²) in [6.45, 7) is 1.09. The van der Waals surface area contributed by atoms with Gasteiger partial charge < -0.3 is 25.7 Å². The standard InChI is InChI=1S/C21H23F2N3O3/c22-14-3-4-17-16(9-14)19(28)11-21(25-17)5-7-26(8-6-21)20(29)24-12-13-1-2-15(23)10-18(13)27/h1-4,9-10,19,25,27-28H,5-8,11-12H2,(H,24,29)/t19-/m1/s1. The molecule has 1 saturated heterocycles. The molecular formula is C21H23F2N3O3. The van der Waals surface area contributed by atoms with Crippen molar-refractivity contribution in [1.29, 1.82) is 0 Å². The number of hydrogen-bond donors (Lipinski definition) is 4. The molecule has 4 rings (SSSR count). The maximum Gasteiger partial charge on any atom is 0.317 e. The number of anilines is 1. The molecule has 0 aromatic heterocycles. The Morgan fingerprint density at radius 3 is 2.59 bits per heavy atom. The second-order valence-electron chi connectivity index (χ2n) is 7.78. The minimum atomic E-state index is -0.747. The number of carbonyl (C=O) groups is 1. The smallest absolute Gasteiger partial charge is 0.317 e. The number of likely N-dealkylation sites (tertiary alicyclic amines) is 1. The van der Waals surface area contributed by atoms with Gasteiger partial charge >= 0.3 is 6.03 Å². The number of phenolic OH excluding ortho intramolecular Hbond substituents is 1. The maximum atomic E-state index is 13.5. The minimum absolute atomic E-state index is 0.0997. The van der Waals surface area contributed by atoms with E-state index in [0.29, 0.717) is 43.5 Å². The molecule has 0 bridgehead atoms. The molecule has 1 atom stereocenters. The van der Waals surface area contributed by atoms with Crippen LogP contribution in [0.1, 0.15) is 36.5 Å². The van der Waals surface area contributed by atoms with E-state index >= 15 is 0 Å². The third kappa shape index (κ3) is 3.98. The van der Waals surface area contributed by atoms with Crippen LogP contribution in [-0.4, -0.2) is 39.8 Å². The summed E-state index contributed by atoms with van der Waals surface area (Å²) in [5.41, 5.74) is 1.40. The first-order valence-electron chi connectivity index (χ1n) is 9.61. The largest absolute Gasteiger partial charge is 0.507 e. The van der Waals surface area contributed by atoms with Crippen LogP contribution in [0.2, 0.25) is 0 Å². The molecule has 2 aliphatic rings. The SMILES string of the molecule is O=C(NCc1ccc(F)cc1O)N1CCC2(CC1)C[C@@H](O)c1cc(F)ccc1N2. The summed E-state index contributed by atoms with van der Waals surface area (Å²) in [6.07, 6.45) is 1.01. The summed E-state index contributed by atoms with van der Waals surface area (Å²) >= 11 is 0. The van der Waals surface area contributed by atoms with Gasteiger partial charge in [0.15, 0.2) is 0 Å². The number of nitrogens with one attached hydrogen (secondary N) is 2. The Balaban J connectivity index is 1.35. The second-order valence-corrected chi connectivity index (χ2v) is 7.78. The molecule has 29 heavy (non-hydrogen) atoms. The second kappa shape index (κ2) is 7.51. The van der Waals surface area contributed by atoms with Crippen LogP contribution in [0.25, 0.3) is 0 Å². The Kier molecular flexibility index (Phi) is 5.04. The van der Waals surface area contributed by atoms with Gasteiger partial charge in [-0.15, -0.1) is 0 Å². The lowest BCUT2D eigenvalue weighted by atomic mass is 9.77. The molecule has 0 saturated carbocycles. The normalized spacial score (nSPS) is 20.1. The van der Waals surface area contributed by atoms with Crippen LogP contribution < -0.4 is 10.6 Å². The number of aliphatic hydroxyl groups excluding tert-OH is 1. The Labute approximate surface area is 167 Å². The summed E-state index contributed by atoms with van der Waals surface area (Å²) in [7, 11) is 0. The predicted octanol–water partition coefficient (Wildman–Crippen LogP) is 3.26. The van der Waals surface area contributed by atoms with Crippen LogP contribution in [0.4, 0.5) is 19.3 Å². The molecule has 8 heteroatoms. The summed E-state index contributed by atoms with van der Waals surface area (Å²) in [4.78, 5) is 14.1. The third-order valence-electron chi connectivity index (χ3n) is 5.84. The van der Waals surface area contributed by atoms with Crippen LogP contribution in [0.5, 0.6) is 5.75 Å². The van der Waals surface area contributed by atoms with Gasteiger partial charge in [-0.05, 0) is 37.1 Å². The summed E-state index contributed by atoms with van der Waals surface area (Å²) in [5.74, 6) is -1.11. The van der Waals surface area contributed by atoms with E-state index in [2.05, 4.69) is 10.6 Å². The topological polar surface area (TPSA) is 84.8 Å². The number of aliphatic hydroxyl groups is 1. The van der Waals surface area contributed by atoms with Crippen LogP contribution in [-0.2, 0) is 6.54 Å². The van der Waals surface area contributed by atoms with Gasteiger partial charge in [-0.25, -0.2) is 13.6 Å². The van der Waals surface area contributed by atoms with E-state index in [1.807, 2.05) is 0 Å². The highest BCUT2D eigenvalue weighted by Gasteiger charge is 2.41. The molecule has 154 valence electrons. The number of nitrogens with zero attached hydrogens (tertiary/aromatic N) is 1. The fourth-order valence-corrected chi connectivity index (χ4v) is 4.18. The lowest BCUT2D eigenvalue weighted by Gasteiger charge is -2.47. The molecule has 1 fully saturated rings. The highest BCUT2D eigenvalue weighted by Crippen LogP contribution is 2.42. The number of amides is 2. The van der Waals surface area contributed by atoms with Crippen LogP contribution in [0, 0.1) is 11.6 Å². The Morgan fingerprint density at radius 1 is 1.17 bits per heavy atom. The quantitative estimate of drug-likeness (QED) is 0.620. The van der Waals surface area contributed by atoms with Gasteiger partial charge in [0, 0.05) is 54.5 Å². The van der Waals surface area contributed by atoms with Crippen LogP contribution >= 0.6 is 0 Å². The van der Waals surface area contributed by atoms with E-state index < -0.39 is 11.9 Å². The number of aromatic hydroxyl groups is 1.